The normalized spacial score (nSPS) is 34.3. The number of carbonyl (C=O) groups excluding carboxylic acids is 1. The third-order valence-electron chi connectivity index (χ3n) is 1.30. The molecule has 0 N–H and O–H groups in total. The zero-order chi connectivity index (χ0) is 6.85. The molecule has 0 spiro atoms. The van der Waals surface area contributed by atoms with Crippen molar-refractivity contribution in [2.75, 3.05) is 5.75 Å². The Morgan fingerprint density at radius 1 is 1.78 bits per heavy atom. The van der Waals surface area contributed by atoms with Gasteiger partial charge in [-0.05, 0) is 6.42 Å². The summed E-state index contributed by atoms with van der Waals surface area (Å²) in [4.78, 5) is 10.7. The number of rotatable bonds is 0. The minimum absolute atomic E-state index is 0.266. The lowest BCUT2D eigenvalue weighted by Crippen LogP contribution is -2.06. The minimum Gasteiger partial charge on any atom is -0.283 e. The second kappa shape index (κ2) is 2.32. The Labute approximate surface area is 56.1 Å². The van der Waals surface area contributed by atoms with Gasteiger partial charge in [0.1, 0.15) is 0 Å². The molecule has 2 unspecified atom stereocenters. The van der Waals surface area contributed by atoms with E-state index in [4.69, 9.17) is 6.42 Å². The summed E-state index contributed by atoms with van der Waals surface area (Å²) >= 11 is 0. The van der Waals surface area contributed by atoms with Crippen molar-refractivity contribution in [3.63, 3.8) is 0 Å². The molecule has 0 aromatic carbocycles. The molecular weight excluding hydrogens is 136 g/mol. The molecule has 0 radical (unpaired) electrons. The predicted octanol–water partition coefficient (Wildman–Crippen LogP) is -0.0852. The molecule has 1 saturated heterocycles. The van der Waals surface area contributed by atoms with E-state index in [0.29, 0.717) is 12.2 Å². The van der Waals surface area contributed by atoms with Gasteiger partial charge in [0.2, 0.25) is 5.12 Å². The van der Waals surface area contributed by atoms with Crippen LogP contribution in [0.15, 0.2) is 0 Å². The smallest absolute Gasteiger partial charge is 0.233 e. The first kappa shape index (κ1) is 6.50. The van der Waals surface area contributed by atoms with Crippen LogP contribution in [0.25, 0.3) is 0 Å². The summed E-state index contributed by atoms with van der Waals surface area (Å²) in [5, 5.41) is -0.266. The first-order chi connectivity index (χ1) is 4.25. The van der Waals surface area contributed by atoms with Gasteiger partial charge in [0, 0.05) is 5.75 Å². The van der Waals surface area contributed by atoms with Crippen LogP contribution in [0.2, 0.25) is 0 Å². The quantitative estimate of drug-likeness (QED) is 0.443. The Morgan fingerprint density at radius 3 is 2.67 bits per heavy atom. The topological polar surface area (TPSA) is 34.1 Å². The van der Waals surface area contributed by atoms with Gasteiger partial charge >= 0.3 is 0 Å². The highest BCUT2D eigenvalue weighted by Crippen LogP contribution is 2.15. The summed E-state index contributed by atoms with van der Waals surface area (Å²) in [6.45, 7) is 0. The van der Waals surface area contributed by atoms with Gasteiger partial charge in [0.25, 0.3) is 0 Å². The summed E-state index contributed by atoms with van der Waals surface area (Å²) in [6, 6.07) is 0. The van der Waals surface area contributed by atoms with Crippen LogP contribution >= 0.6 is 0 Å². The van der Waals surface area contributed by atoms with Crippen LogP contribution in [0.4, 0.5) is 0 Å². The maximum Gasteiger partial charge on any atom is 0.233 e. The fourth-order valence-corrected chi connectivity index (χ4v) is 1.91. The lowest BCUT2D eigenvalue weighted by Gasteiger charge is -1.89. The van der Waals surface area contributed by atoms with Crippen molar-refractivity contribution in [3.05, 3.63) is 0 Å². The van der Waals surface area contributed by atoms with Crippen molar-refractivity contribution < 1.29 is 9.00 Å². The highest BCUT2D eigenvalue weighted by molar-refractivity contribution is 8.00. The van der Waals surface area contributed by atoms with E-state index in [-0.39, 0.29) is 11.0 Å². The molecule has 3 heteroatoms. The molecule has 9 heavy (non-hydrogen) atoms. The molecule has 1 aliphatic heterocycles. The first-order valence-corrected chi connectivity index (χ1v) is 3.96. The Balaban J connectivity index is 2.76. The van der Waals surface area contributed by atoms with Crippen molar-refractivity contribution in [1.82, 2.24) is 0 Å². The molecule has 48 valence electrons. The zero-order valence-electron chi connectivity index (χ0n) is 4.79. The molecule has 1 aliphatic rings. The maximum atomic E-state index is 10.7. The van der Waals surface area contributed by atoms with Crippen LogP contribution in [-0.2, 0) is 15.6 Å². The highest BCUT2D eigenvalue weighted by atomic mass is 32.2. The molecule has 1 heterocycles. The van der Waals surface area contributed by atoms with Gasteiger partial charge in [-0.25, -0.2) is 0 Å². The molecule has 0 aliphatic carbocycles. The number of hydrogen-bond donors (Lipinski definition) is 0. The van der Waals surface area contributed by atoms with Crippen molar-refractivity contribution in [2.24, 2.45) is 5.92 Å². The molecule has 2 atom stereocenters. The van der Waals surface area contributed by atoms with Crippen molar-refractivity contribution in [2.45, 2.75) is 6.42 Å². The molecule has 0 bridgehead atoms. The summed E-state index contributed by atoms with van der Waals surface area (Å²) in [5.74, 6) is 2.38. The average Bonchev–Trinajstić information content (AvgIpc) is 2.15. The van der Waals surface area contributed by atoms with Gasteiger partial charge < -0.3 is 0 Å². The van der Waals surface area contributed by atoms with Gasteiger partial charge in [-0.2, -0.15) is 0 Å². The second-order valence-electron chi connectivity index (χ2n) is 1.88. The predicted molar refractivity (Wildman–Crippen MR) is 35.0 cm³/mol. The van der Waals surface area contributed by atoms with Crippen LogP contribution in [0.1, 0.15) is 6.42 Å². The number of terminal acetylenes is 1. The molecule has 1 rings (SSSR count). The van der Waals surface area contributed by atoms with Gasteiger partial charge in [0.15, 0.2) is 0 Å². The van der Waals surface area contributed by atoms with E-state index in [1.54, 1.807) is 0 Å². The van der Waals surface area contributed by atoms with Gasteiger partial charge in [-0.15, -0.1) is 6.42 Å². The highest BCUT2D eigenvalue weighted by Gasteiger charge is 2.29. The van der Waals surface area contributed by atoms with Crippen LogP contribution in [0.3, 0.4) is 0 Å². The Hall–Kier alpha value is -0.620. The van der Waals surface area contributed by atoms with Gasteiger partial charge in [0.05, 0.1) is 16.7 Å². The minimum atomic E-state index is -1.28. The van der Waals surface area contributed by atoms with Gasteiger partial charge in [-0.1, -0.05) is 5.92 Å². The second-order valence-corrected chi connectivity index (χ2v) is 3.38. The van der Waals surface area contributed by atoms with E-state index >= 15 is 0 Å². The van der Waals surface area contributed by atoms with E-state index in [1.165, 1.54) is 0 Å². The average molecular weight is 142 g/mol. The summed E-state index contributed by atoms with van der Waals surface area (Å²) in [5.41, 5.74) is 0. The van der Waals surface area contributed by atoms with E-state index < -0.39 is 10.8 Å². The Bertz CT molecular complexity index is 202. The van der Waals surface area contributed by atoms with Crippen molar-refractivity contribution in [1.29, 1.82) is 0 Å². The van der Waals surface area contributed by atoms with E-state index in [9.17, 15) is 9.00 Å². The van der Waals surface area contributed by atoms with E-state index in [1.807, 2.05) is 0 Å². The maximum absolute atomic E-state index is 10.7. The lowest BCUT2D eigenvalue weighted by molar-refractivity contribution is -0.112. The molecule has 0 amide bonds. The fraction of sp³-hybridized carbons (Fsp3) is 0.500. The van der Waals surface area contributed by atoms with Crippen LogP contribution in [-0.4, -0.2) is 15.1 Å². The van der Waals surface area contributed by atoms with Crippen molar-refractivity contribution in [3.8, 4) is 12.3 Å². The molecule has 0 aromatic rings. The number of hydrogen-bond acceptors (Lipinski definition) is 2. The Kier molecular flexibility index (Phi) is 1.68. The molecular formula is C6H6O2S. The standard InChI is InChI=1S/C6H6O2S/c1-2-5-3-4-9(8)6(5)7/h1,5H,3-4H2. The lowest BCUT2D eigenvalue weighted by atomic mass is 10.1. The SMILES string of the molecule is C#CC1CCS(=O)C1=O. The first-order valence-electron chi connectivity index (χ1n) is 2.64. The molecule has 0 saturated carbocycles. The third kappa shape index (κ3) is 1.03. The molecule has 0 aromatic heterocycles. The van der Waals surface area contributed by atoms with E-state index in [0.717, 1.165) is 0 Å². The van der Waals surface area contributed by atoms with Crippen LogP contribution < -0.4 is 0 Å². The third-order valence-corrected chi connectivity index (χ3v) is 2.64. The van der Waals surface area contributed by atoms with Crippen LogP contribution in [0, 0.1) is 18.3 Å². The summed E-state index contributed by atoms with van der Waals surface area (Å²) < 4.78 is 10.6. The van der Waals surface area contributed by atoms with E-state index in [2.05, 4.69) is 5.92 Å². The molecule has 2 nitrogen and oxygen atoms in total. The molecule has 1 fully saturated rings. The Morgan fingerprint density at radius 2 is 2.44 bits per heavy atom. The van der Waals surface area contributed by atoms with Crippen LogP contribution in [0.5, 0.6) is 0 Å². The van der Waals surface area contributed by atoms with Crippen molar-refractivity contribution >= 4 is 15.9 Å². The zero-order valence-corrected chi connectivity index (χ0v) is 5.61. The summed E-state index contributed by atoms with van der Waals surface area (Å²) in [6.07, 6.45) is 5.58. The number of carbonyl (C=O) groups is 1. The largest absolute Gasteiger partial charge is 0.283 e. The fourth-order valence-electron chi connectivity index (χ4n) is 0.753. The summed E-state index contributed by atoms with van der Waals surface area (Å²) in [7, 11) is -1.28. The van der Waals surface area contributed by atoms with Gasteiger partial charge in [-0.3, -0.25) is 9.00 Å². The monoisotopic (exact) mass is 142 g/mol.